The number of nitrogens with one attached hydrogen (secondary N) is 1. The van der Waals surface area contributed by atoms with Crippen LogP contribution in [0.25, 0.3) is 0 Å². The van der Waals surface area contributed by atoms with E-state index in [1.54, 1.807) is 6.07 Å². The van der Waals surface area contributed by atoms with E-state index >= 15 is 0 Å². The minimum absolute atomic E-state index is 0.0346. The van der Waals surface area contributed by atoms with Crippen LogP contribution in [-0.2, 0) is 9.59 Å². The fourth-order valence-electron chi connectivity index (χ4n) is 1.77. The smallest absolute Gasteiger partial charge is 0.335 e. The van der Waals surface area contributed by atoms with Crippen LogP contribution < -0.4 is 5.32 Å². The number of amides is 2. The minimum atomic E-state index is -4.36. The number of nitriles is 1. The molecule has 1 unspecified atom stereocenters. The van der Waals surface area contributed by atoms with Gasteiger partial charge in [0.15, 0.2) is 0 Å². The number of carbonyl (C=O) groups excluding carboxylic acids is 2. The van der Waals surface area contributed by atoms with Crippen LogP contribution in [0.3, 0.4) is 0 Å². The predicted octanol–water partition coefficient (Wildman–Crippen LogP) is 0.427. The third-order valence-corrected chi connectivity index (χ3v) is 2.69. The number of likely N-dealkylation sites (tertiary alicyclic amines) is 1. The van der Waals surface area contributed by atoms with E-state index in [9.17, 15) is 22.8 Å². The van der Waals surface area contributed by atoms with Gasteiger partial charge in [0, 0.05) is 13.1 Å². The molecule has 0 aromatic carbocycles. The lowest BCUT2D eigenvalue weighted by molar-refractivity contribution is -0.188. The molecule has 1 heterocycles. The molecular formula is C10H12F3N3O2. The van der Waals surface area contributed by atoms with Crippen molar-refractivity contribution in [2.24, 2.45) is 5.92 Å². The SMILES string of the molecule is N#CCNC(=O)C(=O)N1CCCC(C(F)(F)F)C1. The molecule has 1 rings (SSSR count). The van der Waals surface area contributed by atoms with Crippen molar-refractivity contribution < 1.29 is 22.8 Å². The van der Waals surface area contributed by atoms with E-state index < -0.39 is 30.5 Å². The van der Waals surface area contributed by atoms with Crippen LogP contribution in [0, 0.1) is 17.2 Å². The predicted molar refractivity (Wildman–Crippen MR) is 54.0 cm³/mol. The molecule has 1 atom stereocenters. The summed E-state index contributed by atoms with van der Waals surface area (Å²) in [7, 11) is 0. The second-order valence-electron chi connectivity index (χ2n) is 3.97. The second kappa shape index (κ2) is 5.71. The molecule has 8 heteroatoms. The maximum Gasteiger partial charge on any atom is 0.393 e. The zero-order chi connectivity index (χ0) is 13.8. The summed E-state index contributed by atoms with van der Waals surface area (Å²) >= 11 is 0. The van der Waals surface area contributed by atoms with Gasteiger partial charge >= 0.3 is 18.0 Å². The highest BCUT2D eigenvalue weighted by molar-refractivity contribution is 6.35. The van der Waals surface area contributed by atoms with E-state index in [0.717, 1.165) is 4.90 Å². The van der Waals surface area contributed by atoms with E-state index in [-0.39, 0.29) is 25.9 Å². The van der Waals surface area contributed by atoms with Gasteiger partial charge in [0.25, 0.3) is 0 Å². The Kier molecular flexibility index (Phi) is 4.53. The van der Waals surface area contributed by atoms with Crippen LogP contribution in [0.5, 0.6) is 0 Å². The first-order valence-electron chi connectivity index (χ1n) is 5.37. The Hall–Kier alpha value is -1.78. The van der Waals surface area contributed by atoms with Gasteiger partial charge in [-0.1, -0.05) is 0 Å². The van der Waals surface area contributed by atoms with Gasteiger partial charge in [-0.15, -0.1) is 0 Å². The van der Waals surface area contributed by atoms with Crippen molar-refractivity contribution in [1.82, 2.24) is 10.2 Å². The summed E-state index contributed by atoms with van der Waals surface area (Å²) in [5.74, 6) is -3.64. The summed E-state index contributed by atoms with van der Waals surface area (Å²) in [5.41, 5.74) is 0. The number of rotatable bonds is 1. The maximum atomic E-state index is 12.5. The number of hydrogen-bond donors (Lipinski definition) is 1. The summed E-state index contributed by atoms with van der Waals surface area (Å²) in [5, 5.41) is 10.2. The van der Waals surface area contributed by atoms with E-state index in [1.165, 1.54) is 0 Å². The second-order valence-corrected chi connectivity index (χ2v) is 3.97. The number of hydrogen-bond acceptors (Lipinski definition) is 3. The average Bonchev–Trinajstić information content (AvgIpc) is 2.34. The molecule has 0 aromatic rings. The molecule has 100 valence electrons. The van der Waals surface area contributed by atoms with Crippen LogP contribution in [0.2, 0.25) is 0 Å². The first-order chi connectivity index (χ1) is 8.36. The van der Waals surface area contributed by atoms with Gasteiger partial charge in [-0.3, -0.25) is 9.59 Å². The molecule has 0 bridgehead atoms. The zero-order valence-electron chi connectivity index (χ0n) is 9.46. The number of piperidine rings is 1. The van der Waals surface area contributed by atoms with Crippen LogP contribution in [-0.4, -0.2) is 42.5 Å². The van der Waals surface area contributed by atoms with Gasteiger partial charge in [0.05, 0.1) is 12.0 Å². The Morgan fingerprint density at radius 1 is 1.44 bits per heavy atom. The average molecular weight is 263 g/mol. The monoisotopic (exact) mass is 263 g/mol. The van der Waals surface area contributed by atoms with Crippen LogP contribution in [0.4, 0.5) is 13.2 Å². The third-order valence-electron chi connectivity index (χ3n) is 2.69. The Labute approximate surface area is 102 Å². The van der Waals surface area contributed by atoms with Gasteiger partial charge in [-0.25, -0.2) is 0 Å². The lowest BCUT2D eigenvalue weighted by Crippen LogP contribution is -2.49. The molecule has 0 aromatic heterocycles. The summed E-state index contributed by atoms with van der Waals surface area (Å²) in [6.07, 6.45) is -4.18. The molecule has 18 heavy (non-hydrogen) atoms. The summed E-state index contributed by atoms with van der Waals surface area (Å²) in [6.45, 7) is -0.713. The molecule has 5 nitrogen and oxygen atoms in total. The van der Waals surface area contributed by atoms with E-state index in [1.807, 2.05) is 5.32 Å². The number of nitrogens with zero attached hydrogens (tertiary/aromatic N) is 2. The molecule has 0 spiro atoms. The van der Waals surface area contributed by atoms with Crippen LogP contribution >= 0.6 is 0 Å². The molecular weight excluding hydrogens is 251 g/mol. The summed E-state index contributed by atoms with van der Waals surface area (Å²) in [4.78, 5) is 23.6. The highest BCUT2D eigenvalue weighted by Gasteiger charge is 2.43. The van der Waals surface area contributed by atoms with Crippen molar-refractivity contribution in [3.05, 3.63) is 0 Å². The van der Waals surface area contributed by atoms with Crippen molar-refractivity contribution in [1.29, 1.82) is 5.26 Å². The van der Waals surface area contributed by atoms with Crippen molar-refractivity contribution in [3.8, 4) is 6.07 Å². The highest BCUT2D eigenvalue weighted by atomic mass is 19.4. The fraction of sp³-hybridized carbons (Fsp3) is 0.700. The van der Waals surface area contributed by atoms with Crippen LogP contribution in [0.15, 0.2) is 0 Å². The van der Waals surface area contributed by atoms with Crippen molar-refractivity contribution in [2.45, 2.75) is 19.0 Å². The van der Waals surface area contributed by atoms with Gasteiger partial charge < -0.3 is 10.2 Å². The first kappa shape index (κ1) is 14.3. The zero-order valence-corrected chi connectivity index (χ0v) is 9.46. The Morgan fingerprint density at radius 2 is 2.11 bits per heavy atom. The van der Waals surface area contributed by atoms with Gasteiger partial charge in [-0.2, -0.15) is 18.4 Å². The fourth-order valence-corrected chi connectivity index (χ4v) is 1.77. The molecule has 1 aliphatic rings. The molecule has 0 saturated carbocycles. The minimum Gasteiger partial charge on any atom is -0.335 e. The third kappa shape index (κ3) is 3.61. The Balaban J connectivity index is 2.59. The highest BCUT2D eigenvalue weighted by Crippen LogP contribution is 2.33. The number of halogens is 3. The summed E-state index contributed by atoms with van der Waals surface area (Å²) in [6, 6.07) is 1.61. The topological polar surface area (TPSA) is 73.2 Å². The lowest BCUT2D eigenvalue weighted by Gasteiger charge is -2.33. The van der Waals surface area contributed by atoms with E-state index in [4.69, 9.17) is 5.26 Å². The summed E-state index contributed by atoms with van der Waals surface area (Å²) < 4.78 is 37.5. The number of carbonyl (C=O) groups is 2. The van der Waals surface area contributed by atoms with Crippen molar-refractivity contribution >= 4 is 11.8 Å². The maximum absolute atomic E-state index is 12.5. The molecule has 1 saturated heterocycles. The first-order valence-corrected chi connectivity index (χ1v) is 5.37. The Bertz CT molecular complexity index is 376. The van der Waals surface area contributed by atoms with Crippen molar-refractivity contribution in [2.75, 3.05) is 19.6 Å². The number of alkyl halides is 3. The Morgan fingerprint density at radius 3 is 2.67 bits per heavy atom. The lowest BCUT2D eigenvalue weighted by atomic mass is 9.97. The molecule has 0 aliphatic carbocycles. The van der Waals surface area contributed by atoms with Gasteiger partial charge in [0.1, 0.15) is 6.54 Å². The molecule has 1 N–H and O–H groups in total. The van der Waals surface area contributed by atoms with E-state index in [2.05, 4.69) is 0 Å². The largest absolute Gasteiger partial charge is 0.393 e. The van der Waals surface area contributed by atoms with Crippen LogP contribution in [0.1, 0.15) is 12.8 Å². The molecule has 1 fully saturated rings. The standard InChI is InChI=1S/C10H12F3N3O2/c11-10(12,13)7-2-1-5-16(6-7)9(18)8(17)15-4-3-14/h7H,1-2,4-6H2,(H,15,17). The molecule has 0 radical (unpaired) electrons. The molecule has 1 aliphatic heterocycles. The molecule has 2 amide bonds. The van der Waals surface area contributed by atoms with E-state index in [0.29, 0.717) is 0 Å². The normalized spacial score (nSPS) is 20.1. The van der Waals surface area contributed by atoms with Gasteiger partial charge in [0.2, 0.25) is 0 Å². The van der Waals surface area contributed by atoms with Crippen molar-refractivity contribution in [3.63, 3.8) is 0 Å². The van der Waals surface area contributed by atoms with Gasteiger partial charge in [-0.05, 0) is 12.8 Å². The quantitative estimate of drug-likeness (QED) is 0.550.